The Morgan fingerprint density at radius 1 is 1.09 bits per heavy atom. The van der Waals surface area contributed by atoms with Crippen LogP contribution in [0.25, 0.3) is 0 Å². The molecule has 1 aromatic rings. The van der Waals surface area contributed by atoms with Gasteiger partial charge in [-0.2, -0.15) is 0 Å². The van der Waals surface area contributed by atoms with Crippen LogP contribution in [0.5, 0.6) is 0 Å². The van der Waals surface area contributed by atoms with Crippen LogP contribution in [0.2, 0.25) is 0 Å². The molecule has 7 nitrogen and oxygen atoms in total. The number of hydroxylamine groups is 2. The lowest BCUT2D eigenvalue weighted by atomic mass is 10.1. The molecule has 1 rings (SSSR count). The van der Waals surface area contributed by atoms with Crippen molar-refractivity contribution in [3.63, 3.8) is 0 Å². The predicted octanol–water partition coefficient (Wildman–Crippen LogP) is 2.42. The van der Waals surface area contributed by atoms with Crippen molar-refractivity contribution in [3.8, 4) is 0 Å². The van der Waals surface area contributed by atoms with Crippen molar-refractivity contribution in [3.05, 3.63) is 29.3 Å². The lowest BCUT2D eigenvalue weighted by molar-refractivity contribution is -0.129. The smallest absolute Gasteiger partial charge is 0.306 e. The summed E-state index contributed by atoms with van der Waals surface area (Å²) in [6, 6.07) is 5.35. The number of carbonyl (C=O) groups excluding carboxylic acids is 2. The number of carbonyl (C=O) groups is 2. The summed E-state index contributed by atoms with van der Waals surface area (Å²) in [7, 11) is 0. The van der Waals surface area contributed by atoms with E-state index in [2.05, 4.69) is 10.8 Å². The van der Waals surface area contributed by atoms with Gasteiger partial charge in [0.05, 0.1) is 6.61 Å². The van der Waals surface area contributed by atoms with Gasteiger partial charge in [0.15, 0.2) is 0 Å². The number of nitrogens with one attached hydrogen (secondary N) is 3. The van der Waals surface area contributed by atoms with Crippen LogP contribution in [0.4, 0.5) is 10.5 Å². The van der Waals surface area contributed by atoms with E-state index in [-0.39, 0.29) is 6.42 Å². The molecule has 4 N–H and O–H groups in total. The van der Waals surface area contributed by atoms with Crippen molar-refractivity contribution in [1.82, 2.24) is 11.0 Å². The summed E-state index contributed by atoms with van der Waals surface area (Å²) in [6.07, 6.45) is 2.41. The Kier molecular flexibility index (Phi) is 7.95. The molecule has 0 spiro atoms. The van der Waals surface area contributed by atoms with Gasteiger partial charge in [0.1, 0.15) is 0 Å². The number of urea groups is 1. The fourth-order valence-electron chi connectivity index (χ4n) is 2.01. The highest BCUT2D eigenvalue weighted by Gasteiger charge is 2.03. The summed E-state index contributed by atoms with van der Waals surface area (Å²) in [5.74, 6) is -0.396. The first-order chi connectivity index (χ1) is 10.5. The highest BCUT2D eigenvalue weighted by atomic mass is 16.7. The van der Waals surface area contributed by atoms with Crippen LogP contribution in [0.3, 0.4) is 0 Å². The summed E-state index contributed by atoms with van der Waals surface area (Å²) >= 11 is 0. The zero-order chi connectivity index (χ0) is 16.4. The second-order valence-corrected chi connectivity index (χ2v) is 5.13. The maximum absolute atomic E-state index is 11.6. The monoisotopic (exact) mass is 309 g/mol. The average Bonchev–Trinajstić information content (AvgIpc) is 2.44. The molecule has 0 aliphatic heterocycles. The Morgan fingerprint density at radius 3 is 2.41 bits per heavy atom. The van der Waals surface area contributed by atoms with Crippen LogP contribution in [0.15, 0.2) is 18.2 Å². The molecule has 122 valence electrons. The van der Waals surface area contributed by atoms with Crippen molar-refractivity contribution < 1.29 is 19.6 Å². The molecule has 3 amide bonds. The quantitative estimate of drug-likeness (QED) is 0.336. The minimum Gasteiger partial charge on any atom is -0.306 e. The van der Waals surface area contributed by atoms with Gasteiger partial charge in [-0.1, -0.05) is 12.5 Å². The Balaban J connectivity index is 2.12. The maximum atomic E-state index is 11.6. The molecule has 0 fully saturated rings. The number of hydrogen-bond donors (Lipinski definition) is 4. The van der Waals surface area contributed by atoms with E-state index < -0.39 is 11.9 Å². The van der Waals surface area contributed by atoms with Crippen molar-refractivity contribution in [2.24, 2.45) is 0 Å². The third-order valence-electron chi connectivity index (χ3n) is 2.92. The predicted molar refractivity (Wildman–Crippen MR) is 82.4 cm³/mol. The van der Waals surface area contributed by atoms with E-state index >= 15 is 0 Å². The van der Waals surface area contributed by atoms with Gasteiger partial charge in [-0.15, -0.1) is 0 Å². The largest absolute Gasteiger partial charge is 0.343 e. The fraction of sp³-hybridized carbons (Fsp3) is 0.467. The highest BCUT2D eigenvalue weighted by molar-refractivity contribution is 5.88. The molecule has 0 aliphatic rings. The number of rotatable bonds is 8. The summed E-state index contributed by atoms with van der Waals surface area (Å²) in [5.41, 5.74) is 6.75. The number of anilines is 1. The van der Waals surface area contributed by atoms with E-state index in [4.69, 9.17) is 10.0 Å². The molecule has 0 heterocycles. The molecule has 0 unspecified atom stereocenters. The Bertz CT molecular complexity index is 485. The third kappa shape index (κ3) is 7.61. The minimum atomic E-state index is -0.426. The van der Waals surface area contributed by atoms with E-state index in [0.29, 0.717) is 25.1 Å². The second-order valence-electron chi connectivity index (χ2n) is 5.13. The standard InChI is InChI=1S/C15H23N3O4/c1-11-8-12(2)10-13(9-11)16-15(20)18-22-7-5-3-4-6-14(19)17-21/h8-10,21H,3-7H2,1-2H3,(H,17,19)(H2,16,18,20). The summed E-state index contributed by atoms with van der Waals surface area (Å²) in [4.78, 5) is 27.4. The molecule has 7 heteroatoms. The van der Waals surface area contributed by atoms with E-state index in [0.717, 1.165) is 17.5 Å². The summed E-state index contributed by atoms with van der Waals surface area (Å²) in [6.45, 7) is 4.29. The van der Waals surface area contributed by atoms with E-state index in [9.17, 15) is 9.59 Å². The maximum Gasteiger partial charge on any atom is 0.343 e. The van der Waals surface area contributed by atoms with Gasteiger partial charge in [-0.3, -0.25) is 14.8 Å². The molecule has 0 aliphatic carbocycles. The van der Waals surface area contributed by atoms with Crippen molar-refractivity contribution in [2.45, 2.75) is 39.5 Å². The molecule has 0 saturated carbocycles. The topological polar surface area (TPSA) is 99.7 Å². The van der Waals surface area contributed by atoms with E-state index in [1.165, 1.54) is 0 Å². The number of hydrogen-bond acceptors (Lipinski definition) is 4. The number of benzene rings is 1. The van der Waals surface area contributed by atoms with Crippen molar-refractivity contribution in [1.29, 1.82) is 0 Å². The molecule has 0 aromatic heterocycles. The summed E-state index contributed by atoms with van der Waals surface area (Å²) in [5, 5.41) is 11.0. The fourth-order valence-corrected chi connectivity index (χ4v) is 2.01. The summed E-state index contributed by atoms with van der Waals surface area (Å²) < 4.78 is 0. The van der Waals surface area contributed by atoms with E-state index in [1.54, 1.807) is 5.48 Å². The van der Waals surface area contributed by atoms with Gasteiger partial charge in [-0.05, 0) is 49.9 Å². The zero-order valence-corrected chi connectivity index (χ0v) is 12.9. The third-order valence-corrected chi connectivity index (χ3v) is 2.92. The van der Waals surface area contributed by atoms with Crippen LogP contribution >= 0.6 is 0 Å². The molecule has 1 aromatic carbocycles. The first kappa shape index (κ1) is 17.9. The second kappa shape index (κ2) is 9.75. The van der Waals surface area contributed by atoms with Gasteiger partial charge in [0.2, 0.25) is 5.91 Å². The zero-order valence-electron chi connectivity index (χ0n) is 12.9. The lowest BCUT2D eigenvalue weighted by Crippen LogP contribution is -2.29. The average molecular weight is 309 g/mol. The van der Waals surface area contributed by atoms with Gasteiger partial charge in [0.25, 0.3) is 0 Å². The van der Waals surface area contributed by atoms with Crippen LogP contribution in [0.1, 0.15) is 36.8 Å². The van der Waals surface area contributed by atoms with Gasteiger partial charge >= 0.3 is 6.03 Å². The first-order valence-corrected chi connectivity index (χ1v) is 7.21. The van der Waals surface area contributed by atoms with Crippen molar-refractivity contribution in [2.75, 3.05) is 11.9 Å². The molecular formula is C15H23N3O4. The van der Waals surface area contributed by atoms with E-state index in [1.807, 2.05) is 32.0 Å². The Labute approximate surface area is 130 Å². The van der Waals surface area contributed by atoms with Crippen molar-refractivity contribution >= 4 is 17.6 Å². The molecule has 0 radical (unpaired) electrons. The molecular weight excluding hydrogens is 286 g/mol. The first-order valence-electron chi connectivity index (χ1n) is 7.21. The molecule has 0 bridgehead atoms. The van der Waals surface area contributed by atoms with Crippen LogP contribution in [-0.2, 0) is 9.63 Å². The van der Waals surface area contributed by atoms with Gasteiger partial charge in [-0.25, -0.2) is 15.8 Å². The number of aryl methyl sites for hydroxylation is 2. The number of amides is 3. The Hall–Kier alpha value is -2.12. The minimum absolute atomic E-state index is 0.275. The van der Waals surface area contributed by atoms with Gasteiger partial charge in [0, 0.05) is 12.1 Å². The molecule has 0 saturated heterocycles. The normalized spacial score (nSPS) is 10.1. The molecule has 0 atom stereocenters. The lowest BCUT2D eigenvalue weighted by Gasteiger charge is -2.09. The molecule has 22 heavy (non-hydrogen) atoms. The van der Waals surface area contributed by atoms with Crippen LogP contribution in [0, 0.1) is 13.8 Å². The van der Waals surface area contributed by atoms with Crippen LogP contribution in [-0.4, -0.2) is 23.8 Å². The van der Waals surface area contributed by atoms with Crippen LogP contribution < -0.4 is 16.3 Å². The number of unbranched alkanes of at least 4 members (excludes halogenated alkanes) is 2. The highest BCUT2D eigenvalue weighted by Crippen LogP contribution is 2.13. The SMILES string of the molecule is Cc1cc(C)cc(NC(=O)NOCCCCCC(=O)NO)c1. The van der Waals surface area contributed by atoms with Gasteiger partial charge < -0.3 is 5.32 Å². The Morgan fingerprint density at radius 2 is 1.77 bits per heavy atom.